The van der Waals surface area contributed by atoms with Gasteiger partial charge in [-0.2, -0.15) is 0 Å². The molecule has 6 nitrogen and oxygen atoms in total. The summed E-state index contributed by atoms with van der Waals surface area (Å²) in [4.78, 5) is 21.4. The maximum atomic E-state index is 10.9. The second-order valence-electron chi connectivity index (χ2n) is 2.66. The van der Waals surface area contributed by atoms with Gasteiger partial charge < -0.3 is 15.3 Å². The largest absolute Gasteiger partial charge is 0.480 e. The van der Waals surface area contributed by atoms with Crippen LogP contribution in [0.4, 0.5) is 4.79 Å². The van der Waals surface area contributed by atoms with Gasteiger partial charge in [-0.05, 0) is 13.8 Å². The van der Waals surface area contributed by atoms with E-state index in [-0.39, 0.29) is 17.3 Å². The normalized spacial score (nSPS) is 11.3. The van der Waals surface area contributed by atoms with Gasteiger partial charge in [-0.15, -0.1) is 0 Å². The Kier molecular flexibility index (Phi) is 5.46. The Balaban J connectivity index is 4.47. The van der Waals surface area contributed by atoms with E-state index in [0.717, 1.165) is 0 Å². The first-order chi connectivity index (χ1) is 6.90. The van der Waals surface area contributed by atoms with E-state index in [1.165, 1.54) is 6.92 Å². The van der Waals surface area contributed by atoms with Crippen molar-refractivity contribution in [1.82, 2.24) is 5.32 Å². The van der Waals surface area contributed by atoms with Gasteiger partial charge in [0, 0.05) is 5.71 Å². The molecule has 0 aromatic carbocycles. The number of aliphatic carboxylic acids is 1. The van der Waals surface area contributed by atoms with Crippen LogP contribution in [0.5, 0.6) is 0 Å². The highest BCUT2D eigenvalue weighted by molar-refractivity contribution is 7.80. The predicted molar refractivity (Wildman–Crippen MR) is 57.3 cm³/mol. The summed E-state index contributed by atoms with van der Waals surface area (Å²) in [6.45, 7) is 3.08. The quantitative estimate of drug-likeness (QED) is 0.492. The highest BCUT2D eigenvalue weighted by Crippen LogP contribution is 2.01. The molecule has 0 heterocycles. The Morgan fingerprint density at radius 3 is 2.47 bits per heavy atom. The average molecular weight is 232 g/mol. The Morgan fingerprint density at radius 1 is 1.60 bits per heavy atom. The van der Waals surface area contributed by atoms with Crippen LogP contribution in [0.25, 0.3) is 0 Å². The third-order valence-corrected chi connectivity index (χ3v) is 1.78. The fraction of sp³-hybridized carbons (Fsp3) is 0.500. The smallest absolute Gasteiger partial charge is 0.412 e. The van der Waals surface area contributed by atoms with Gasteiger partial charge in [0.1, 0.15) is 10.9 Å². The lowest BCUT2D eigenvalue weighted by atomic mass is 10.1. The topological polar surface area (TPSA) is 99.5 Å². The second-order valence-corrected chi connectivity index (χ2v) is 3.10. The van der Waals surface area contributed by atoms with Crippen molar-refractivity contribution in [3.05, 3.63) is 0 Å². The molecular formula is C8H12N2O4S. The molecule has 7 heteroatoms. The van der Waals surface area contributed by atoms with Crippen molar-refractivity contribution in [2.45, 2.75) is 13.8 Å². The maximum Gasteiger partial charge on any atom is 0.412 e. The molecule has 0 aromatic rings. The Hall–Kier alpha value is -1.50. The summed E-state index contributed by atoms with van der Waals surface area (Å²) >= 11 is 4.68. The number of carboxylic acids is 1. The van der Waals surface area contributed by atoms with Crippen molar-refractivity contribution in [1.29, 1.82) is 5.41 Å². The van der Waals surface area contributed by atoms with Gasteiger partial charge in [0.15, 0.2) is 0 Å². The summed E-state index contributed by atoms with van der Waals surface area (Å²) in [5, 5.41) is 18.0. The van der Waals surface area contributed by atoms with Crippen LogP contribution in [0.2, 0.25) is 0 Å². The third-order valence-electron chi connectivity index (χ3n) is 1.44. The summed E-state index contributed by atoms with van der Waals surface area (Å²) < 4.78 is 4.52. The van der Waals surface area contributed by atoms with Gasteiger partial charge in [0.25, 0.3) is 0 Å². The van der Waals surface area contributed by atoms with Crippen LogP contribution in [-0.4, -0.2) is 34.5 Å². The van der Waals surface area contributed by atoms with Crippen LogP contribution in [0.3, 0.4) is 0 Å². The van der Waals surface area contributed by atoms with Crippen LogP contribution in [0.15, 0.2) is 0 Å². The van der Waals surface area contributed by atoms with Gasteiger partial charge >= 0.3 is 12.1 Å². The van der Waals surface area contributed by atoms with Gasteiger partial charge in [0.05, 0.1) is 6.61 Å². The molecule has 0 saturated heterocycles. The summed E-state index contributed by atoms with van der Waals surface area (Å²) in [6.07, 6.45) is -0.810. The van der Waals surface area contributed by atoms with Gasteiger partial charge in [0.2, 0.25) is 0 Å². The van der Waals surface area contributed by atoms with Crippen molar-refractivity contribution in [3.63, 3.8) is 0 Å². The minimum Gasteiger partial charge on any atom is -0.480 e. The van der Waals surface area contributed by atoms with Crippen LogP contribution < -0.4 is 5.32 Å². The van der Waals surface area contributed by atoms with Crippen LogP contribution in [-0.2, 0) is 9.53 Å². The first-order valence-electron chi connectivity index (χ1n) is 4.15. The Bertz CT molecular complexity index is 289. The van der Waals surface area contributed by atoms with Crippen LogP contribution >= 0.6 is 12.2 Å². The number of nitrogens with one attached hydrogen (secondary N) is 2. The lowest BCUT2D eigenvalue weighted by Crippen LogP contribution is -2.41. The zero-order valence-electron chi connectivity index (χ0n) is 8.36. The zero-order chi connectivity index (χ0) is 12.0. The van der Waals surface area contributed by atoms with Gasteiger partial charge in [-0.1, -0.05) is 12.2 Å². The second kappa shape index (κ2) is 6.07. The van der Waals surface area contributed by atoms with E-state index >= 15 is 0 Å². The number of carboxylic acid groups (broad SMARTS) is 1. The van der Waals surface area contributed by atoms with E-state index in [4.69, 9.17) is 10.5 Å². The van der Waals surface area contributed by atoms with E-state index in [0.29, 0.717) is 0 Å². The lowest BCUT2D eigenvalue weighted by molar-refractivity contribution is -0.137. The van der Waals surface area contributed by atoms with Crippen LogP contribution in [0.1, 0.15) is 13.8 Å². The molecule has 1 amide bonds. The highest BCUT2D eigenvalue weighted by Gasteiger charge is 2.26. The number of carbonyl (C=O) groups is 2. The molecule has 3 N–H and O–H groups in total. The number of alkyl carbamates (subject to hydrolysis) is 1. The number of ether oxygens (including phenoxy) is 1. The molecule has 0 aliphatic heterocycles. The Morgan fingerprint density at radius 2 is 2.13 bits per heavy atom. The molecule has 0 aromatic heterocycles. The van der Waals surface area contributed by atoms with E-state index in [2.05, 4.69) is 22.3 Å². The minimum absolute atomic E-state index is 0.149. The van der Waals surface area contributed by atoms with Crippen molar-refractivity contribution in [3.8, 4) is 0 Å². The van der Waals surface area contributed by atoms with Crippen molar-refractivity contribution < 1.29 is 19.4 Å². The summed E-state index contributed by atoms with van der Waals surface area (Å²) in [7, 11) is 0. The summed E-state index contributed by atoms with van der Waals surface area (Å²) in [6, 6.07) is 0. The molecule has 84 valence electrons. The molecule has 0 fully saturated rings. The molecule has 0 aliphatic rings. The van der Waals surface area contributed by atoms with E-state index in [1.807, 2.05) is 0 Å². The fourth-order valence-corrected chi connectivity index (χ4v) is 1.19. The van der Waals surface area contributed by atoms with E-state index < -0.39 is 18.0 Å². The van der Waals surface area contributed by atoms with Crippen molar-refractivity contribution >= 4 is 35.0 Å². The minimum atomic E-state index is -1.29. The first kappa shape index (κ1) is 13.5. The fourth-order valence-electron chi connectivity index (χ4n) is 0.834. The van der Waals surface area contributed by atoms with E-state index in [9.17, 15) is 9.59 Å². The molecule has 1 unspecified atom stereocenters. The molecule has 0 radical (unpaired) electrons. The number of amides is 1. The number of rotatable bonds is 4. The summed E-state index contributed by atoms with van der Waals surface area (Å²) in [5.41, 5.74) is -0.149. The number of carbonyl (C=O) groups excluding carboxylic acids is 1. The maximum absolute atomic E-state index is 10.9. The standard InChI is InChI=1S/C8H12N2O4S/c1-3-14-8(13)10-6(15)5(4(2)9)7(11)12/h5,9H,3H2,1-2H3,(H,11,12)(H,10,13,15). The zero-order valence-corrected chi connectivity index (χ0v) is 9.18. The van der Waals surface area contributed by atoms with Crippen LogP contribution in [0, 0.1) is 11.3 Å². The molecule has 15 heavy (non-hydrogen) atoms. The number of thiocarbonyl (C=S) groups is 1. The van der Waals surface area contributed by atoms with Gasteiger partial charge in [-0.25, -0.2) is 4.79 Å². The molecular weight excluding hydrogens is 220 g/mol. The molecule has 0 spiro atoms. The number of hydrogen-bond donors (Lipinski definition) is 3. The van der Waals surface area contributed by atoms with E-state index in [1.54, 1.807) is 6.92 Å². The first-order valence-corrected chi connectivity index (χ1v) is 4.56. The SMILES string of the molecule is CCOC(=O)NC(=S)C(C(C)=N)C(=O)O. The summed E-state index contributed by atoms with van der Waals surface area (Å²) in [5.74, 6) is -2.56. The van der Waals surface area contributed by atoms with Crippen molar-refractivity contribution in [2.24, 2.45) is 5.92 Å². The number of hydrogen-bond acceptors (Lipinski definition) is 5. The monoisotopic (exact) mass is 232 g/mol. The molecule has 1 atom stereocenters. The molecule has 0 bridgehead atoms. The average Bonchev–Trinajstić information content (AvgIpc) is 2.01. The molecule has 0 rings (SSSR count). The lowest BCUT2D eigenvalue weighted by Gasteiger charge is -2.12. The molecule has 0 aliphatic carbocycles. The molecule has 0 saturated carbocycles. The highest BCUT2D eigenvalue weighted by atomic mass is 32.1. The third kappa shape index (κ3) is 4.50. The predicted octanol–water partition coefficient (Wildman–Crippen LogP) is 0.800. The van der Waals surface area contributed by atoms with Crippen molar-refractivity contribution in [2.75, 3.05) is 6.61 Å². The Labute approximate surface area is 92.1 Å². The van der Waals surface area contributed by atoms with Gasteiger partial charge in [-0.3, -0.25) is 10.1 Å².